The molecule has 0 saturated heterocycles. The molecule has 0 bridgehead atoms. The van der Waals surface area contributed by atoms with E-state index in [1.807, 2.05) is 11.3 Å². The first-order valence-electron chi connectivity index (χ1n) is 7.10. The minimum absolute atomic E-state index is 0.410. The van der Waals surface area contributed by atoms with Gasteiger partial charge >= 0.3 is 0 Å². The normalized spacial score (nSPS) is 18.2. The third-order valence-electron chi connectivity index (χ3n) is 3.95. The summed E-state index contributed by atoms with van der Waals surface area (Å²) in [5.74, 6) is 0.839. The van der Waals surface area contributed by atoms with Crippen LogP contribution in [-0.4, -0.2) is 0 Å². The molecule has 0 radical (unpaired) electrons. The van der Waals surface area contributed by atoms with Gasteiger partial charge in [0, 0.05) is 17.0 Å². The molecule has 1 heterocycles. The fraction of sp³-hybridized carbons (Fsp3) is 0.412. The first-order chi connectivity index (χ1) is 9.24. The summed E-state index contributed by atoms with van der Waals surface area (Å²) in [6.07, 6.45) is 2.74. The van der Waals surface area contributed by atoms with Crippen LogP contribution >= 0.6 is 11.3 Å². The number of benzene rings is 1. The van der Waals surface area contributed by atoms with E-state index in [0.717, 1.165) is 5.92 Å². The van der Waals surface area contributed by atoms with Crippen LogP contribution < -0.4 is 5.32 Å². The van der Waals surface area contributed by atoms with Gasteiger partial charge in [0.25, 0.3) is 0 Å². The molecule has 100 valence electrons. The lowest BCUT2D eigenvalue weighted by Gasteiger charge is -2.23. The highest BCUT2D eigenvalue weighted by molar-refractivity contribution is 7.10. The molecule has 3 rings (SSSR count). The van der Waals surface area contributed by atoms with E-state index >= 15 is 0 Å². The molecule has 0 aliphatic heterocycles. The first kappa shape index (κ1) is 12.9. The molecule has 1 N–H and O–H groups in total. The largest absolute Gasteiger partial charge is 0.302 e. The Bertz CT molecular complexity index is 511. The molecule has 2 aromatic rings. The number of hydrogen-bond acceptors (Lipinski definition) is 2. The second-order valence-corrected chi connectivity index (χ2v) is 6.61. The smallest absolute Gasteiger partial charge is 0.0448 e. The third-order valence-corrected chi connectivity index (χ3v) is 4.91. The average Bonchev–Trinajstić information content (AvgIpc) is 3.11. The van der Waals surface area contributed by atoms with Crippen molar-refractivity contribution in [2.75, 3.05) is 0 Å². The zero-order chi connectivity index (χ0) is 13.2. The van der Waals surface area contributed by atoms with Gasteiger partial charge in [-0.05, 0) is 49.6 Å². The van der Waals surface area contributed by atoms with Gasteiger partial charge < -0.3 is 5.32 Å². The molecule has 0 amide bonds. The summed E-state index contributed by atoms with van der Waals surface area (Å²) in [6, 6.07) is 14.3. The van der Waals surface area contributed by atoms with Gasteiger partial charge in [0.05, 0.1) is 0 Å². The Morgan fingerprint density at radius 1 is 1.16 bits per heavy atom. The van der Waals surface area contributed by atoms with E-state index in [1.165, 1.54) is 28.8 Å². The summed E-state index contributed by atoms with van der Waals surface area (Å²) in [5.41, 5.74) is 2.71. The van der Waals surface area contributed by atoms with E-state index in [-0.39, 0.29) is 0 Å². The van der Waals surface area contributed by atoms with Crippen LogP contribution in [0.1, 0.15) is 47.9 Å². The molecule has 1 aliphatic carbocycles. The van der Waals surface area contributed by atoms with Crippen LogP contribution in [0.5, 0.6) is 0 Å². The van der Waals surface area contributed by atoms with Gasteiger partial charge in [-0.15, -0.1) is 11.3 Å². The third kappa shape index (κ3) is 3.07. The molecule has 0 spiro atoms. The van der Waals surface area contributed by atoms with Crippen molar-refractivity contribution >= 4 is 11.3 Å². The molecular formula is C17H21NS. The predicted molar refractivity (Wildman–Crippen MR) is 82.5 cm³/mol. The lowest BCUT2D eigenvalue weighted by molar-refractivity contribution is 0.433. The van der Waals surface area contributed by atoms with E-state index in [2.05, 4.69) is 60.9 Å². The van der Waals surface area contributed by atoms with Crippen LogP contribution in [0.2, 0.25) is 0 Å². The molecule has 1 saturated carbocycles. The van der Waals surface area contributed by atoms with Crippen molar-refractivity contribution in [2.45, 2.75) is 38.8 Å². The average molecular weight is 271 g/mol. The standard InChI is InChI=1S/C17H21NS/c1-12-5-7-14(8-6-12)13(2)18-17(15-9-10-15)16-4-3-11-19-16/h3-8,11,13,15,17-18H,9-10H2,1-2H3/t13-,17?/m0/s1. The Hall–Kier alpha value is -1.12. The monoisotopic (exact) mass is 271 g/mol. The van der Waals surface area contributed by atoms with Crippen molar-refractivity contribution in [2.24, 2.45) is 5.92 Å². The molecule has 1 fully saturated rings. The maximum Gasteiger partial charge on any atom is 0.0448 e. The molecule has 1 aromatic heterocycles. The van der Waals surface area contributed by atoms with Crippen LogP contribution in [0.4, 0.5) is 0 Å². The van der Waals surface area contributed by atoms with E-state index in [0.29, 0.717) is 12.1 Å². The van der Waals surface area contributed by atoms with Crippen LogP contribution in [0.15, 0.2) is 41.8 Å². The van der Waals surface area contributed by atoms with Gasteiger partial charge in [-0.3, -0.25) is 0 Å². The van der Waals surface area contributed by atoms with Crippen molar-refractivity contribution in [1.29, 1.82) is 0 Å². The van der Waals surface area contributed by atoms with Gasteiger partial charge in [-0.1, -0.05) is 35.9 Å². The minimum atomic E-state index is 0.410. The first-order valence-corrected chi connectivity index (χ1v) is 7.98. The highest BCUT2D eigenvalue weighted by Gasteiger charge is 2.33. The summed E-state index contributed by atoms with van der Waals surface area (Å²) >= 11 is 1.88. The minimum Gasteiger partial charge on any atom is -0.302 e. The van der Waals surface area contributed by atoms with Crippen LogP contribution in [0.25, 0.3) is 0 Å². The topological polar surface area (TPSA) is 12.0 Å². The molecule has 1 unspecified atom stereocenters. The molecule has 2 atom stereocenters. The number of aryl methyl sites for hydroxylation is 1. The fourth-order valence-electron chi connectivity index (χ4n) is 2.57. The van der Waals surface area contributed by atoms with Gasteiger partial charge in [-0.25, -0.2) is 0 Å². The van der Waals surface area contributed by atoms with Crippen LogP contribution in [-0.2, 0) is 0 Å². The van der Waals surface area contributed by atoms with Gasteiger partial charge in [0.15, 0.2) is 0 Å². The lowest BCUT2D eigenvalue weighted by Crippen LogP contribution is -2.25. The Balaban J connectivity index is 1.73. The second kappa shape index (κ2) is 5.48. The van der Waals surface area contributed by atoms with Crippen molar-refractivity contribution in [3.8, 4) is 0 Å². The highest BCUT2D eigenvalue weighted by atomic mass is 32.1. The number of nitrogens with one attached hydrogen (secondary N) is 1. The zero-order valence-corrected chi connectivity index (χ0v) is 12.4. The van der Waals surface area contributed by atoms with E-state index in [1.54, 1.807) is 0 Å². The highest BCUT2D eigenvalue weighted by Crippen LogP contribution is 2.43. The van der Waals surface area contributed by atoms with E-state index in [4.69, 9.17) is 0 Å². The summed E-state index contributed by atoms with van der Waals surface area (Å²) < 4.78 is 0. The number of hydrogen-bond donors (Lipinski definition) is 1. The lowest BCUT2D eigenvalue weighted by atomic mass is 10.0. The maximum atomic E-state index is 3.83. The fourth-order valence-corrected chi connectivity index (χ4v) is 3.45. The Morgan fingerprint density at radius 2 is 1.89 bits per heavy atom. The maximum absolute atomic E-state index is 3.83. The summed E-state index contributed by atoms with van der Waals surface area (Å²) in [7, 11) is 0. The predicted octanol–water partition coefficient (Wildman–Crippen LogP) is 4.86. The van der Waals surface area contributed by atoms with Gasteiger partial charge in [-0.2, -0.15) is 0 Å². The molecule has 19 heavy (non-hydrogen) atoms. The second-order valence-electron chi connectivity index (χ2n) is 5.63. The van der Waals surface area contributed by atoms with Crippen LogP contribution in [0, 0.1) is 12.8 Å². The Morgan fingerprint density at radius 3 is 2.47 bits per heavy atom. The Kier molecular flexibility index (Phi) is 3.72. The molecule has 2 heteroatoms. The molecule has 1 nitrogen and oxygen atoms in total. The van der Waals surface area contributed by atoms with Crippen molar-refractivity contribution in [3.05, 3.63) is 57.8 Å². The van der Waals surface area contributed by atoms with Crippen molar-refractivity contribution in [3.63, 3.8) is 0 Å². The van der Waals surface area contributed by atoms with Gasteiger partial charge in [0.2, 0.25) is 0 Å². The van der Waals surface area contributed by atoms with Gasteiger partial charge in [0.1, 0.15) is 0 Å². The van der Waals surface area contributed by atoms with Crippen LogP contribution in [0.3, 0.4) is 0 Å². The molecule has 1 aliphatic rings. The molecule has 1 aromatic carbocycles. The van der Waals surface area contributed by atoms with E-state index in [9.17, 15) is 0 Å². The zero-order valence-electron chi connectivity index (χ0n) is 11.6. The number of thiophene rings is 1. The molecular weight excluding hydrogens is 250 g/mol. The summed E-state index contributed by atoms with van der Waals surface area (Å²) in [6.45, 7) is 4.41. The van der Waals surface area contributed by atoms with Crippen molar-refractivity contribution < 1.29 is 0 Å². The van der Waals surface area contributed by atoms with E-state index < -0.39 is 0 Å². The Labute approximate surface area is 119 Å². The quantitative estimate of drug-likeness (QED) is 0.819. The SMILES string of the molecule is Cc1ccc([C@H](C)NC(c2cccs2)C2CC2)cc1. The number of rotatable bonds is 5. The summed E-state index contributed by atoms with van der Waals surface area (Å²) in [4.78, 5) is 1.49. The van der Waals surface area contributed by atoms with Crippen molar-refractivity contribution in [1.82, 2.24) is 5.32 Å². The summed E-state index contributed by atoms with van der Waals surface area (Å²) in [5, 5.41) is 6.01.